The van der Waals surface area contributed by atoms with Crippen LogP contribution in [0.25, 0.3) is 0 Å². The van der Waals surface area contributed by atoms with Crippen LogP contribution in [0.5, 0.6) is 0 Å². The molecule has 0 aromatic heterocycles. The first-order valence-corrected chi connectivity index (χ1v) is 15.1. The lowest BCUT2D eigenvalue weighted by Gasteiger charge is -2.22. The monoisotopic (exact) mass is 482 g/mol. The number of carbonyl (C=O) groups is 1. The second kappa shape index (κ2) is 23.9. The minimum atomic E-state index is -1.46. The molecule has 3 heteroatoms. The average molecular weight is 483 g/mol. The van der Waals surface area contributed by atoms with E-state index in [1.807, 2.05) is 0 Å². The third kappa shape index (κ3) is 21.7. The van der Waals surface area contributed by atoms with Gasteiger partial charge >= 0.3 is 5.97 Å². The van der Waals surface area contributed by atoms with Crippen molar-refractivity contribution in [3.8, 4) is 0 Å². The summed E-state index contributed by atoms with van der Waals surface area (Å²) in [6.07, 6.45) is 29.9. The summed E-state index contributed by atoms with van der Waals surface area (Å²) in [6.45, 7) is 6.01. The molecule has 0 aromatic carbocycles. The van der Waals surface area contributed by atoms with Crippen molar-refractivity contribution in [2.24, 2.45) is 0 Å². The van der Waals surface area contributed by atoms with Gasteiger partial charge in [-0.25, -0.2) is 9.18 Å². The van der Waals surface area contributed by atoms with Gasteiger partial charge < -0.3 is 5.11 Å². The number of carboxylic acid groups (broad SMARTS) is 1. The van der Waals surface area contributed by atoms with Crippen molar-refractivity contribution < 1.29 is 14.3 Å². The quantitative estimate of drug-likeness (QED) is 0.0982. The third-order valence-corrected chi connectivity index (χ3v) is 7.20. The maximum atomic E-state index is 15.6. The highest BCUT2D eigenvalue weighted by Crippen LogP contribution is 2.30. The lowest BCUT2D eigenvalue weighted by Crippen LogP contribution is -2.21. The van der Waals surface area contributed by atoms with Crippen LogP contribution < -0.4 is 0 Å². The van der Waals surface area contributed by atoms with E-state index in [1.54, 1.807) is 0 Å². The molecule has 202 valence electrons. The number of hydrogen-bond donors (Lipinski definition) is 1. The van der Waals surface area contributed by atoms with E-state index >= 15 is 4.39 Å². The molecule has 0 spiro atoms. The largest absolute Gasteiger partial charge is 0.478 e. The Kier molecular flexibility index (Phi) is 23.3. The first kappa shape index (κ1) is 33.1. The van der Waals surface area contributed by atoms with Gasteiger partial charge in [0.2, 0.25) is 0 Å². The molecule has 0 aliphatic carbocycles. The Morgan fingerprint density at radius 3 is 1.12 bits per heavy atom. The molecule has 0 bridgehead atoms. The number of allylic oxidation sites excluding steroid dienone is 1. The van der Waals surface area contributed by atoms with Crippen LogP contribution >= 0.6 is 0 Å². The number of rotatable bonds is 26. The minimum Gasteiger partial charge on any atom is -0.478 e. The molecule has 0 radical (unpaired) electrons. The number of halogens is 1. The van der Waals surface area contributed by atoms with Gasteiger partial charge in [0.15, 0.2) is 0 Å². The Bertz CT molecular complexity index is 488. The van der Waals surface area contributed by atoms with Gasteiger partial charge in [-0.15, -0.1) is 0 Å². The Morgan fingerprint density at radius 2 is 0.853 bits per heavy atom. The van der Waals surface area contributed by atoms with Crippen molar-refractivity contribution in [3.05, 3.63) is 11.6 Å². The first-order chi connectivity index (χ1) is 16.4. The second-order valence-electron chi connectivity index (χ2n) is 10.7. The van der Waals surface area contributed by atoms with Crippen molar-refractivity contribution in [2.75, 3.05) is 0 Å². The fourth-order valence-electron chi connectivity index (χ4n) is 4.89. The van der Waals surface area contributed by atoms with Crippen LogP contribution in [0.15, 0.2) is 11.6 Å². The molecule has 2 nitrogen and oxygen atoms in total. The maximum absolute atomic E-state index is 15.6. The molecule has 1 N–H and O–H groups in total. The number of aliphatic carboxylic acids is 1. The first-order valence-electron chi connectivity index (χ1n) is 15.1. The van der Waals surface area contributed by atoms with Gasteiger partial charge in [0.05, 0.1) is 0 Å². The summed E-state index contributed by atoms with van der Waals surface area (Å²) in [4.78, 5) is 11.2. The smallest absolute Gasteiger partial charge is 0.331 e. The summed E-state index contributed by atoms with van der Waals surface area (Å²) in [5.41, 5.74) is -1.31. The molecule has 0 fully saturated rings. The molecule has 0 aromatic rings. The van der Waals surface area contributed by atoms with Gasteiger partial charge in [0.25, 0.3) is 0 Å². The zero-order valence-corrected chi connectivity index (χ0v) is 23.3. The van der Waals surface area contributed by atoms with Crippen LogP contribution in [0, 0.1) is 0 Å². The van der Waals surface area contributed by atoms with Gasteiger partial charge in [0, 0.05) is 5.57 Å². The van der Waals surface area contributed by atoms with E-state index in [0.717, 1.165) is 32.1 Å². The maximum Gasteiger partial charge on any atom is 0.331 e. The molecule has 0 heterocycles. The van der Waals surface area contributed by atoms with Crippen molar-refractivity contribution >= 4 is 5.97 Å². The SMILES string of the molecule is CCCCCCCCCCCCCCCCCC(F)(C=C(C)C(=O)O)CCCCCCCCC. The molecular formula is C31H59FO2. The van der Waals surface area contributed by atoms with E-state index in [2.05, 4.69) is 13.8 Å². The summed E-state index contributed by atoms with van der Waals surface area (Å²) >= 11 is 0. The molecular weight excluding hydrogens is 423 g/mol. The number of hydrogen-bond acceptors (Lipinski definition) is 1. The van der Waals surface area contributed by atoms with Crippen molar-refractivity contribution in [1.82, 2.24) is 0 Å². The van der Waals surface area contributed by atoms with E-state index in [1.165, 1.54) is 122 Å². The average Bonchev–Trinajstić information content (AvgIpc) is 2.81. The predicted molar refractivity (Wildman–Crippen MR) is 147 cm³/mol. The fraction of sp³-hybridized carbons (Fsp3) is 0.903. The van der Waals surface area contributed by atoms with E-state index in [-0.39, 0.29) is 5.57 Å². The number of alkyl halides is 1. The van der Waals surface area contributed by atoms with E-state index < -0.39 is 11.6 Å². The minimum absolute atomic E-state index is 0.145. The molecule has 0 amide bonds. The Balaban J connectivity index is 3.91. The fourth-order valence-corrected chi connectivity index (χ4v) is 4.89. The highest BCUT2D eigenvalue weighted by atomic mass is 19.1. The summed E-state index contributed by atoms with van der Waals surface area (Å²) in [6, 6.07) is 0. The zero-order chi connectivity index (χ0) is 25.3. The Labute approximate surface area is 212 Å². The van der Waals surface area contributed by atoms with Gasteiger partial charge in [-0.3, -0.25) is 0 Å². The summed E-state index contributed by atoms with van der Waals surface area (Å²) in [5.74, 6) is -1.00. The van der Waals surface area contributed by atoms with E-state index in [4.69, 9.17) is 0 Å². The van der Waals surface area contributed by atoms with Crippen molar-refractivity contribution in [2.45, 2.75) is 181 Å². The van der Waals surface area contributed by atoms with Gasteiger partial charge in [-0.1, -0.05) is 142 Å². The molecule has 1 unspecified atom stereocenters. The highest BCUT2D eigenvalue weighted by Gasteiger charge is 2.27. The van der Waals surface area contributed by atoms with E-state index in [0.29, 0.717) is 12.8 Å². The molecule has 0 rings (SSSR count). The lowest BCUT2D eigenvalue weighted by atomic mass is 9.89. The number of unbranched alkanes of at least 4 members (excludes halogenated alkanes) is 20. The molecule has 0 aliphatic rings. The van der Waals surface area contributed by atoms with Crippen LogP contribution in [0.2, 0.25) is 0 Å². The van der Waals surface area contributed by atoms with Crippen LogP contribution in [0.1, 0.15) is 175 Å². The summed E-state index contributed by atoms with van der Waals surface area (Å²) < 4.78 is 15.6. The van der Waals surface area contributed by atoms with Crippen LogP contribution in [0.4, 0.5) is 4.39 Å². The van der Waals surface area contributed by atoms with Crippen molar-refractivity contribution in [3.63, 3.8) is 0 Å². The Hall–Kier alpha value is -0.860. The topological polar surface area (TPSA) is 37.3 Å². The molecule has 1 atom stereocenters. The normalized spacial score (nSPS) is 13.8. The highest BCUT2D eigenvalue weighted by molar-refractivity contribution is 5.86. The lowest BCUT2D eigenvalue weighted by molar-refractivity contribution is -0.132. The zero-order valence-electron chi connectivity index (χ0n) is 23.3. The summed E-state index contributed by atoms with van der Waals surface area (Å²) in [5, 5.41) is 9.21. The molecule has 34 heavy (non-hydrogen) atoms. The molecule has 0 saturated heterocycles. The van der Waals surface area contributed by atoms with Gasteiger partial charge in [-0.2, -0.15) is 0 Å². The predicted octanol–water partition coefficient (Wildman–Crippen LogP) is 11.1. The second-order valence-corrected chi connectivity index (χ2v) is 10.7. The van der Waals surface area contributed by atoms with Gasteiger partial charge in [-0.05, 0) is 38.7 Å². The van der Waals surface area contributed by atoms with Crippen LogP contribution in [-0.2, 0) is 4.79 Å². The van der Waals surface area contributed by atoms with Crippen LogP contribution in [0.3, 0.4) is 0 Å². The Morgan fingerprint density at radius 1 is 0.588 bits per heavy atom. The van der Waals surface area contributed by atoms with Gasteiger partial charge in [0.1, 0.15) is 5.67 Å². The van der Waals surface area contributed by atoms with E-state index in [9.17, 15) is 9.90 Å². The standard InChI is InChI=1S/C31H59FO2/c1-4-6-8-10-12-13-14-15-16-17-18-19-21-23-25-27-31(32,28-29(3)30(33)34)26-24-22-20-11-9-7-5-2/h28H,4-27H2,1-3H3,(H,33,34). The van der Waals surface area contributed by atoms with Crippen molar-refractivity contribution in [1.29, 1.82) is 0 Å². The summed E-state index contributed by atoms with van der Waals surface area (Å²) in [7, 11) is 0. The number of carboxylic acids is 1. The van der Waals surface area contributed by atoms with Crippen LogP contribution in [-0.4, -0.2) is 16.7 Å². The third-order valence-electron chi connectivity index (χ3n) is 7.20. The molecule has 0 aliphatic heterocycles. The molecule has 0 saturated carbocycles.